The SMILES string of the molecule is CC(C)(O/N=C(\C(=O)C[C@@H]1C(=O)N2C(C(=O)[O-])=C(C[n+]3cnc(N)c(NC(=O)CCN)c3)CSC12)c1csc(N)n1)C(=O)O.CC(C)(O/N=C(\C(=O)C[C@@H]1C(=O)N2C(C(=O)[O-])=C(C[n+]3cnc(N)c(NC/C=C/C(=O)CO)c3)CSC12)c1csc(N)n1)C(=O)O.CC(C)(O/N=C(\C(=O)C[C@@H]1C(=O)N2C(C(=O)[O-])=C(C[n+]3cnc(N)c(NCCN)c3)CSC12)c1nsc(N)n1)C(=O)O. The Morgan fingerprint density at radius 2 is 0.894 bits per heavy atom. The lowest BCUT2D eigenvalue weighted by atomic mass is 9.89. The van der Waals surface area contributed by atoms with Crippen LogP contribution in [-0.4, -0.2) is 252 Å². The number of aliphatic carboxylic acids is 6. The number of aliphatic hydroxyl groups excluding tert-OH is 1. The largest absolute Gasteiger partial charge is 0.543 e. The predicted octanol–water partition coefficient (Wildman–Crippen LogP) is -6.11. The van der Waals surface area contributed by atoms with E-state index >= 15 is 0 Å². The summed E-state index contributed by atoms with van der Waals surface area (Å²) < 4.78 is 8.63. The number of rotatable bonds is 41. The molecule has 6 aromatic heterocycles. The first-order valence-electron chi connectivity index (χ1n) is 39.0. The van der Waals surface area contributed by atoms with Crippen LogP contribution in [0, 0.1) is 17.8 Å². The highest BCUT2D eigenvalue weighted by molar-refractivity contribution is 8.00. The summed E-state index contributed by atoms with van der Waals surface area (Å²) in [5.74, 6) is -15.3. The molecule has 0 aromatic carbocycles. The molecule has 132 heavy (non-hydrogen) atoms. The van der Waals surface area contributed by atoms with Gasteiger partial charge < -0.3 is 126 Å². The molecule has 3 unspecified atom stereocenters. The number of oxime groups is 3. The van der Waals surface area contributed by atoms with E-state index in [-0.39, 0.29) is 166 Å². The smallest absolute Gasteiger partial charge is 0.350 e. The maximum atomic E-state index is 13.4. The van der Waals surface area contributed by atoms with E-state index in [9.17, 15) is 97.8 Å². The molecule has 3 saturated heterocycles. The number of Topliss-reactive ketones (excluding diaryl/α,β-unsaturated/α-hetero) is 3. The predicted molar refractivity (Wildman–Crippen MR) is 466 cm³/mol. The third kappa shape index (κ3) is 23.7. The molecule has 702 valence electrons. The summed E-state index contributed by atoms with van der Waals surface area (Å²) in [6.45, 7) is 8.06. The highest BCUT2D eigenvalue weighted by atomic mass is 32.2. The van der Waals surface area contributed by atoms with Crippen LogP contribution >= 0.6 is 69.5 Å². The van der Waals surface area contributed by atoms with Gasteiger partial charge in [0.1, 0.15) is 67.6 Å². The van der Waals surface area contributed by atoms with Gasteiger partial charge in [0.15, 0.2) is 61.4 Å². The van der Waals surface area contributed by atoms with Crippen LogP contribution in [0.15, 0.2) is 110 Å². The topological polar surface area (TPSA) is 810 Å². The Bertz CT molecular complexity index is 5850. The standard InChI is InChI=1S/C27H30N8O9S2.C25H29N9O8S2.C23H28N10O7S2/c1-27(2,25(42)43)44-33-19(17-11-46-26(29)32-17)18(38)6-15-22(39)35-20(24(40)41)13(10-45-23(15)35)7-34-8-16(21(28)31-12-34)30-5-3-4-14(37)9-36;1-25(2,23(40)41)42-32-17(14-9-44-24(28)31-14)15(35)5-12-20(37)34-18(22(38)39)11(8-43-21(12)34)6-33-7-13(19(27)29-10-33)30-16(36)3-4-26;1-23(2,21(38)39)40-30-14(17-29-22(26)42-31-17)13(34)5-11-18(35)33-15(20(36)37)10(8-41-19(11)33)6-32-7-12(27-4-3-24)16(25)28-9-32/h3-4,8,11-12,15,23,28,30,36H,5-7,9-10H2,1-2H3,(H4,29,32,40,41,42,43);7,9-10,12,21,27H,3-6,8,26H2,1-2H3,(H5,28,30,31,36,38,39,40,41);7,9,11,19,25,27H,3-6,8,24H2,1-2H3,(H4,26,29,31,36,37,38,39)/b4-3+,33-19-;32-17-;30-14+/t15-,23?;12-,21?;11-,19?/m111/s1. The molecule has 51 nitrogen and oxygen atoms in total. The zero-order valence-corrected chi connectivity index (χ0v) is 75.4. The van der Waals surface area contributed by atoms with Crippen LogP contribution in [0.2, 0.25) is 0 Å². The fourth-order valence-corrected chi connectivity index (χ4v) is 18.5. The number of ketones is 4. The van der Waals surface area contributed by atoms with Gasteiger partial charge in [-0.25, -0.2) is 38.1 Å². The first-order chi connectivity index (χ1) is 62.3. The van der Waals surface area contributed by atoms with E-state index < -0.39 is 140 Å². The molecule has 6 aliphatic rings. The van der Waals surface area contributed by atoms with Crippen LogP contribution in [0.3, 0.4) is 0 Å². The van der Waals surface area contributed by atoms with Crippen LogP contribution < -0.4 is 90.8 Å². The fraction of sp³-hybridized carbons (Fsp3) is 0.400. The van der Waals surface area contributed by atoms with Crippen molar-refractivity contribution in [1.29, 1.82) is 0 Å². The zero-order valence-electron chi connectivity index (χ0n) is 70.5. The number of nitrogens with zero attached hydrogens (tertiary/aromatic N) is 16. The molecule has 0 saturated carbocycles. The number of hydrogen-bond acceptors (Lipinski definition) is 47. The van der Waals surface area contributed by atoms with Crippen LogP contribution in [0.1, 0.15) is 84.4 Å². The van der Waals surface area contributed by atoms with E-state index in [1.165, 1.54) is 129 Å². The van der Waals surface area contributed by atoms with Gasteiger partial charge in [-0.1, -0.05) is 21.5 Å². The monoisotopic (exact) mass is 1940 g/mol. The third-order valence-electron chi connectivity index (χ3n) is 19.7. The number of fused-ring (bicyclic) bond motifs is 3. The van der Waals surface area contributed by atoms with Crippen LogP contribution in [0.4, 0.5) is 49.9 Å². The number of aliphatic hydroxyl groups is 1. The Hall–Kier alpha value is -13.9. The number of thiazole rings is 2. The van der Waals surface area contributed by atoms with Crippen molar-refractivity contribution >= 4 is 219 Å². The van der Waals surface area contributed by atoms with Crippen LogP contribution in [0.25, 0.3) is 0 Å². The lowest BCUT2D eigenvalue weighted by molar-refractivity contribution is -0.691. The molecule has 23 N–H and O–H groups in total. The summed E-state index contributed by atoms with van der Waals surface area (Å²) in [4.78, 5) is 217. The van der Waals surface area contributed by atoms with Gasteiger partial charge in [-0.05, 0) is 62.6 Å². The number of nitrogens with two attached hydrogens (primary N) is 8. The highest BCUT2D eigenvalue weighted by Crippen LogP contribution is 2.48. The molecule has 0 bridgehead atoms. The van der Waals surface area contributed by atoms with Gasteiger partial charge in [-0.3, -0.25) is 53.1 Å². The van der Waals surface area contributed by atoms with Gasteiger partial charge in [0, 0.05) is 108 Å². The molecular weight excluding hydrogens is 1860 g/mol. The third-order valence-corrected chi connectivity index (χ3v) is 25.8. The van der Waals surface area contributed by atoms with Gasteiger partial charge in [-0.2, -0.15) is 9.36 Å². The van der Waals surface area contributed by atoms with E-state index in [0.717, 1.165) is 48.9 Å². The van der Waals surface area contributed by atoms with Crippen molar-refractivity contribution < 1.29 is 131 Å². The Balaban J connectivity index is 0.000000206. The summed E-state index contributed by atoms with van der Waals surface area (Å²) >= 11 is 6.64. The van der Waals surface area contributed by atoms with Crippen molar-refractivity contribution in [3.8, 4) is 0 Å². The Morgan fingerprint density at radius 3 is 1.23 bits per heavy atom. The molecule has 6 atom stereocenters. The van der Waals surface area contributed by atoms with Crippen molar-refractivity contribution in [2.75, 3.05) is 100 Å². The van der Waals surface area contributed by atoms with Crippen molar-refractivity contribution in [3.05, 3.63) is 112 Å². The van der Waals surface area contributed by atoms with Crippen molar-refractivity contribution in [2.45, 2.75) is 120 Å². The first-order valence-corrected chi connectivity index (χ1v) is 44.6. The number of carbonyl (C=O) groups excluding carboxylic acids is 11. The summed E-state index contributed by atoms with van der Waals surface area (Å²) in [5, 5.41) is 94.5. The number of carboxylic acid groups (broad SMARTS) is 6. The number of β-lactam (4-membered cyclic amide) rings is 3. The van der Waals surface area contributed by atoms with Gasteiger partial charge in [0.25, 0.3) is 36.4 Å². The number of carboxylic acids is 6. The summed E-state index contributed by atoms with van der Waals surface area (Å²) in [6.07, 6.45) is 10.5. The molecule has 6 aromatic rings. The van der Waals surface area contributed by atoms with E-state index in [0.29, 0.717) is 41.2 Å². The fourth-order valence-electron chi connectivity index (χ4n) is 12.8. The number of hydrogen-bond donors (Lipinski definition) is 15. The maximum Gasteiger partial charge on any atom is 0.350 e. The minimum atomic E-state index is -1.78. The van der Waals surface area contributed by atoms with E-state index in [1.807, 2.05) is 0 Å². The van der Waals surface area contributed by atoms with Gasteiger partial charge >= 0.3 is 17.9 Å². The lowest BCUT2D eigenvalue weighted by Crippen LogP contribution is -2.63. The average Bonchev–Trinajstić information content (AvgIpc) is 0.798. The molecule has 12 rings (SSSR count). The molecule has 0 spiro atoms. The second-order valence-corrected chi connectivity index (χ2v) is 36.4. The minimum absolute atomic E-state index is 0.0117. The number of carbonyl (C=O) groups is 14. The molecule has 3 fully saturated rings. The Morgan fingerprint density at radius 1 is 0.530 bits per heavy atom. The summed E-state index contributed by atoms with van der Waals surface area (Å²) in [7, 11) is 0. The number of amides is 4. The molecule has 0 aliphatic carbocycles. The van der Waals surface area contributed by atoms with E-state index in [2.05, 4.69) is 65.7 Å². The number of aromatic nitrogens is 10. The lowest BCUT2D eigenvalue weighted by Gasteiger charge is -2.50. The molecule has 12 heterocycles. The maximum absolute atomic E-state index is 13.4. The second kappa shape index (κ2) is 42.8. The summed E-state index contributed by atoms with van der Waals surface area (Å²) in [6, 6.07) is 0. The number of nitrogens with one attached hydrogen (secondary N) is 3. The van der Waals surface area contributed by atoms with Crippen LogP contribution in [0.5, 0.6) is 0 Å². The van der Waals surface area contributed by atoms with Gasteiger partial charge in [0.2, 0.25) is 46.3 Å². The number of thioether (sulfide) groups is 3. The molecular formula is C75H87N27O24S6. The average molecular weight is 1940 g/mol. The normalized spacial score (nSPS) is 18.5. The first kappa shape index (κ1) is 100. The van der Waals surface area contributed by atoms with Gasteiger partial charge in [-0.15, -0.1) is 58.0 Å². The minimum Gasteiger partial charge on any atom is -0.543 e. The van der Waals surface area contributed by atoms with E-state index in [4.69, 9.17) is 65.5 Å². The second-order valence-electron chi connectivity index (χ2n) is 30.5. The van der Waals surface area contributed by atoms with Crippen molar-refractivity contribution in [3.63, 3.8) is 0 Å². The molecule has 0 radical (unpaired) electrons. The Kier molecular flexibility index (Phi) is 32.5. The zero-order chi connectivity index (χ0) is 96.9. The van der Waals surface area contributed by atoms with Crippen LogP contribution in [-0.2, 0) is 101 Å². The number of anilines is 9. The van der Waals surface area contributed by atoms with Crippen molar-refractivity contribution in [1.82, 2.24) is 49.0 Å². The summed E-state index contributed by atoms with van der Waals surface area (Å²) in [5.41, 5.74) is 40.7. The van der Waals surface area contributed by atoms with Crippen molar-refractivity contribution in [2.24, 2.45) is 44.7 Å². The molecule has 6 aliphatic heterocycles. The highest BCUT2D eigenvalue weighted by Gasteiger charge is 2.56. The Labute approximate surface area is 771 Å². The molecule has 4 amide bonds. The van der Waals surface area contributed by atoms with E-state index in [1.54, 1.807) is 21.5 Å². The van der Waals surface area contributed by atoms with Gasteiger partial charge in [0.05, 0.1) is 68.9 Å². The quantitative estimate of drug-likeness (QED) is 0.00558. The number of nitrogen functional groups attached to an aromatic ring is 6. The molecule has 57 heteroatoms.